The van der Waals surface area contributed by atoms with Crippen molar-refractivity contribution in [1.29, 1.82) is 0 Å². The van der Waals surface area contributed by atoms with Gasteiger partial charge in [0.2, 0.25) is 11.8 Å². The maximum absolute atomic E-state index is 14.4. The minimum absolute atomic E-state index is 0.0383. The number of carbonyl (C=O) groups excluding carboxylic acids is 2. The van der Waals surface area contributed by atoms with Gasteiger partial charge in [0.1, 0.15) is 24.1 Å². The van der Waals surface area contributed by atoms with Crippen molar-refractivity contribution in [3.63, 3.8) is 0 Å². The topological polar surface area (TPSA) is 124 Å². The van der Waals surface area contributed by atoms with Gasteiger partial charge in [0, 0.05) is 25.2 Å². The van der Waals surface area contributed by atoms with Crippen LogP contribution in [0.4, 0.5) is 5.69 Å². The number of halogens is 2. The fourth-order valence-electron chi connectivity index (χ4n) is 4.48. The predicted octanol–water partition coefficient (Wildman–Crippen LogP) is 5.41. The van der Waals surface area contributed by atoms with Gasteiger partial charge in [-0.15, -0.1) is 0 Å². The third kappa shape index (κ3) is 8.68. The first kappa shape index (κ1) is 36.6. The van der Waals surface area contributed by atoms with Crippen molar-refractivity contribution in [2.75, 3.05) is 45.8 Å². The lowest BCUT2D eigenvalue weighted by Crippen LogP contribution is -2.51. The summed E-state index contributed by atoms with van der Waals surface area (Å²) in [5.74, 6) is 0.0584. The number of carbonyl (C=O) groups is 2. The highest BCUT2D eigenvalue weighted by Crippen LogP contribution is 2.38. The van der Waals surface area contributed by atoms with Crippen molar-refractivity contribution in [3.05, 3.63) is 70.2 Å². The van der Waals surface area contributed by atoms with Crippen molar-refractivity contribution in [2.45, 2.75) is 38.3 Å². The van der Waals surface area contributed by atoms with Crippen molar-refractivity contribution in [3.8, 4) is 23.0 Å². The summed E-state index contributed by atoms with van der Waals surface area (Å²) in [7, 11) is 1.15. The van der Waals surface area contributed by atoms with Crippen LogP contribution in [0.25, 0.3) is 0 Å². The number of ether oxygens (including phenoxy) is 4. The summed E-state index contributed by atoms with van der Waals surface area (Å²) >= 11 is 12.4. The molecule has 0 radical (unpaired) electrons. The Kier molecular flexibility index (Phi) is 12.8. The van der Waals surface area contributed by atoms with E-state index in [1.54, 1.807) is 31.2 Å². The quantitative estimate of drug-likeness (QED) is 0.224. The molecule has 1 N–H and O–H groups in total. The van der Waals surface area contributed by atoms with Crippen molar-refractivity contribution >= 4 is 50.7 Å². The van der Waals surface area contributed by atoms with Crippen LogP contribution in [-0.4, -0.2) is 72.7 Å². The summed E-state index contributed by atoms with van der Waals surface area (Å²) < 4.78 is 51.2. The summed E-state index contributed by atoms with van der Waals surface area (Å²) in [5.41, 5.74) is 0.621. The molecule has 2 amide bonds. The molecule has 0 aromatic heterocycles. The second kappa shape index (κ2) is 16.1. The fourth-order valence-corrected chi connectivity index (χ4v) is 6.23. The third-order valence-corrected chi connectivity index (χ3v) is 9.56. The van der Waals surface area contributed by atoms with Crippen LogP contribution in [0.5, 0.6) is 23.0 Å². The second-order valence-electron chi connectivity index (χ2n) is 10.7. The molecule has 0 aliphatic rings. The molecule has 1 unspecified atom stereocenters. The van der Waals surface area contributed by atoms with Crippen LogP contribution in [0.15, 0.2) is 59.5 Å². The first-order chi connectivity index (χ1) is 21.8. The molecule has 0 bridgehead atoms. The molecule has 46 heavy (non-hydrogen) atoms. The smallest absolute Gasteiger partial charge is 0.265 e. The van der Waals surface area contributed by atoms with Gasteiger partial charge < -0.3 is 29.2 Å². The number of methoxy groups -OCH3 is 4. The van der Waals surface area contributed by atoms with Crippen LogP contribution < -0.4 is 28.6 Å². The minimum atomic E-state index is -4.47. The average Bonchev–Trinajstić information content (AvgIpc) is 3.05. The van der Waals surface area contributed by atoms with E-state index in [1.807, 2.05) is 13.8 Å². The van der Waals surface area contributed by atoms with Crippen molar-refractivity contribution < 1.29 is 37.0 Å². The molecule has 0 fully saturated rings. The Morgan fingerprint density at radius 2 is 1.46 bits per heavy atom. The standard InChI is InChI=1S/C32H39Cl2N3O8S/c1-20(2)17-35-32(39)21(3)36(18-22-8-11-25(33)26(34)14-22)31(38)19-37(27-15-23(42-4)9-12-28(27)43-5)46(40,41)24-10-13-29(44-6)30(16-24)45-7/h8-16,20-21H,17-19H2,1-7H3,(H,35,39). The highest BCUT2D eigenvalue weighted by molar-refractivity contribution is 7.92. The van der Waals surface area contributed by atoms with E-state index in [0.717, 1.165) is 4.31 Å². The van der Waals surface area contributed by atoms with Gasteiger partial charge in [0.15, 0.2) is 11.5 Å². The van der Waals surface area contributed by atoms with E-state index in [1.165, 1.54) is 63.7 Å². The van der Waals surface area contributed by atoms with Crippen LogP contribution in [0.1, 0.15) is 26.3 Å². The van der Waals surface area contributed by atoms with Gasteiger partial charge in [0.25, 0.3) is 10.0 Å². The molecule has 3 aromatic carbocycles. The molecular formula is C32H39Cl2N3O8S. The number of hydrogen-bond donors (Lipinski definition) is 1. The Labute approximate surface area is 280 Å². The molecule has 3 aromatic rings. The first-order valence-corrected chi connectivity index (χ1v) is 16.4. The van der Waals surface area contributed by atoms with Crippen molar-refractivity contribution in [2.24, 2.45) is 5.92 Å². The molecule has 0 saturated carbocycles. The predicted molar refractivity (Wildman–Crippen MR) is 178 cm³/mol. The second-order valence-corrected chi connectivity index (χ2v) is 13.3. The molecule has 1 atom stereocenters. The molecule has 0 aliphatic heterocycles. The van der Waals surface area contributed by atoms with Crippen LogP contribution in [-0.2, 0) is 26.2 Å². The summed E-state index contributed by atoms with van der Waals surface area (Å²) in [6.45, 7) is 5.09. The van der Waals surface area contributed by atoms with Gasteiger partial charge in [-0.25, -0.2) is 8.42 Å². The van der Waals surface area contributed by atoms with Crippen LogP contribution in [0.3, 0.4) is 0 Å². The lowest BCUT2D eigenvalue weighted by molar-refractivity contribution is -0.139. The normalized spacial score (nSPS) is 11.9. The molecule has 0 aliphatic carbocycles. The summed E-state index contributed by atoms with van der Waals surface area (Å²) in [6, 6.07) is 12.5. The van der Waals surface area contributed by atoms with E-state index < -0.39 is 34.4 Å². The molecule has 11 nitrogen and oxygen atoms in total. The van der Waals surface area contributed by atoms with Gasteiger partial charge in [-0.1, -0.05) is 43.1 Å². The van der Waals surface area contributed by atoms with Crippen LogP contribution >= 0.6 is 23.2 Å². The SMILES string of the molecule is COc1ccc(OC)c(N(CC(=O)N(Cc2ccc(Cl)c(Cl)c2)C(C)C(=O)NCC(C)C)S(=O)(=O)c2ccc(OC)c(OC)c2)c1. The highest BCUT2D eigenvalue weighted by atomic mass is 35.5. The number of nitrogens with one attached hydrogen (secondary N) is 1. The highest BCUT2D eigenvalue weighted by Gasteiger charge is 2.34. The number of amides is 2. The molecule has 0 saturated heterocycles. The number of nitrogens with zero attached hydrogens (tertiary/aromatic N) is 2. The van der Waals surface area contributed by atoms with E-state index in [0.29, 0.717) is 28.6 Å². The molecular weight excluding hydrogens is 657 g/mol. The first-order valence-electron chi connectivity index (χ1n) is 14.2. The molecule has 0 spiro atoms. The number of rotatable bonds is 15. The Hall–Kier alpha value is -3.87. The molecule has 0 heterocycles. The van der Waals surface area contributed by atoms with E-state index in [-0.39, 0.29) is 39.6 Å². The van der Waals surface area contributed by atoms with Gasteiger partial charge in [-0.05, 0) is 54.8 Å². The monoisotopic (exact) mass is 695 g/mol. The zero-order valence-electron chi connectivity index (χ0n) is 26.8. The maximum Gasteiger partial charge on any atom is 0.265 e. The Bertz CT molecular complexity index is 1650. The largest absolute Gasteiger partial charge is 0.497 e. The summed E-state index contributed by atoms with van der Waals surface area (Å²) in [5, 5.41) is 3.44. The Morgan fingerprint density at radius 3 is 2.04 bits per heavy atom. The van der Waals surface area contributed by atoms with Crippen LogP contribution in [0, 0.1) is 5.92 Å². The zero-order valence-corrected chi connectivity index (χ0v) is 29.1. The number of anilines is 1. The van der Waals surface area contributed by atoms with E-state index >= 15 is 0 Å². The minimum Gasteiger partial charge on any atom is -0.497 e. The van der Waals surface area contributed by atoms with Gasteiger partial charge >= 0.3 is 0 Å². The van der Waals surface area contributed by atoms with Gasteiger partial charge in [-0.2, -0.15) is 0 Å². The number of benzene rings is 3. The lowest BCUT2D eigenvalue weighted by Gasteiger charge is -2.32. The maximum atomic E-state index is 14.4. The van der Waals surface area contributed by atoms with Gasteiger partial charge in [0.05, 0.1) is 49.1 Å². The number of hydrogen-bond acceptors (Lipinski definition) is 8. The molecule has 250 valence electrons. The average molecular weight is 697 g/mol. The number of sulfonamides is 1. The fraction of sp³-hybridized carbons (Fsp3) is 0.375. The third-order valence-electron chi connectivity index (χ3n) is 7.07. The van der Waals surface area contributed by atoms with Gasteiger partial charge in [-0.3, -0.25) is 13.9 Å². The molecule has 3 rings (SSSR count). The van der Waals surface area contributed by atoms with E-state index in [4.69, 9.17) is 42.1 Å². The zero-order chi connectivity index (χ0) is 34.2. The van der Waals surface area contributed by atoms with Crippen LogP contribution in [0.2, 0.25) is 10.0 Å². The van der Waals surface area contributed by atoms with E-state index in [2.05, 4.69) is 5.32 Å². The van der Waals surface area contributed by atoms with E-state index in [9.17, 15) is 18.0 Å². The summed E-state index contributed by atoms with van der Waals surface area (Å²) in [6.07, 6.45) is 0. The molecule has 14 heteroatoms. The Balaban J connectivity index is 2.17. The summed E-state index contributed by atoms with van der Waals surface area (Å²) in [4.78, 5) is 28.6. The Morgan fingerprint density at radius 1 is 0.804 bits per heavy atom. The van der Waals surface area contributed by atoms with Crippen molar-refractivity contribution in [1.82, 2.24) is 10.2 Å². The lowest BCUT2D eigenvalue weighted by atomic mass is 10.1.